The van der Waals surface area contributed by atoms with Crippen LogP contribution < -0.4 is 11.5 Å². The third-order valence-electron chi connectivity index (χ3n) is 5.15. The Labute approximate surface area is 153 Å². The smallest absolute Gasteiger partial charge is 0.0271 e. The summed E-state index contributed by atoms with van der Waals surface area (Å²) in [7, 11) is 0. The highest BCUT2D eigenvalue weighted by atomic mass is 14.6. The van der Waals surface area contributed by atoms with Gasteiger partial charge in [-0.25, -0.2) is 0 Å². The predicted molar refractivity (Wildman–Crippen MR) is 109 cm³/mol. The monoisotopic (exact) mass is 338 g/mol. The molecule has 2 heteroatoms. The van der Waals surface area contributed by atoms with Crippen LogP contribution in [-0.2, 0) is 19.3 Å². The fraction of sp³-hybridized carbons (Fsp3) is 0.478. The Hall–Kier alpha value is -1.64. The molecule has 2 aromatic rings. The first-order valence-electron chi connectivity index (χ1n) is 9.54. The van der Waals surface area contributed by atoms with Crippen molar-refractivity contribution in [1.82, 2.24) is 0 Å². The second-order valence-corrected chi connectivity index (χ2v) is 7.43. The van der Waals surface area contributed by atoms with E-state index in [9.17, 15) is 0 Å². The molecule has 2 atom stereocenters. The van der Waals surface area contributed by atoms with E-state index in [0.29, 0.717) is 0 Å². The Morgan fingerprint density at radius 2 is 1.08 bits per heavy atom. The molecule has 0 spiro atoms. The van der Waals surface area contributed by atoms with E-state index >= 15 is 0 Å². The van der Waals surface area contributed by atoms with Gasteiger partial charge in [0.15, 0.2) is 0 Å². The fourth-order valence-corrected chi connectivity index (χ4v) is 4.23. The summed E-state index contributed by atoms with van der Waals surface area (Å²) in [6.07, 6.45) is 3.00. The molecule has 2 rings (SSSR count). The number of benzene rings is 2. The van der Waals surface area contributed by atoms with Crippen LogP contribution in [0.3, 0.4) is 0 Å². The first-order valence-corrected chi connectivity index (χ1v) is 9.54. The third kappa shape index (κ3) is 4.31. The molecule has 0 radical (unpaired) electrons. The Kier molecular flexibility index (Phi) is 6.42. The second kappa shape index (κ2) is 8.16. The average molecular weight is 339 g/mol. The van der Waals surface area contributed by atoms with Gasteiger partial charge in [-0.2, -0.15) is 0 Å². The molecule has 0 aliphatic rings. The lowest BCUT2D eigenvalue weighted by Crippen LogP contribution is -2.12. The van der Waals surface area contributed by atoms with Crippen molar-refractivity contribution < 1.29 is 0 Å². The van der Waals surface area contributed by atoms with Gasteiger partial charge in [0, 0.05) is 12.1 Å². The Morgan fingerprint density at radius 1 is 0.720 bits per heavy atom. The topological polar surface area (TPSA) is 52.0 Å². The van der Waals surface area contributed by atoms with Crippen LogP contribution in [0.4, 0.5) is 0 Å². The second-order valence-electron chi connectivity index (χ2n) is 7.43. The van der Waals surface area contributed by atoms with Crippen molar-refractivity contribution in [1.29, 1.82) is 0 Å². The normalized spacial score (nSPS) is 13.8. The summed E-state index contributed by atoms with van der Waals surface area (Å²) in [5, 5.41) is 0. The Morgan fingerprint density at radius 3 is 1.36 bits per heavy atom. The van der Waals surface area contributed by atoms with Crippen LogP contribution in [0.5, 0.6) is 0 Å². The lowest BCUT2D eigenvalue weighted by molar-refractivity contribution is 0.789. The summed E-state index contributed by atoms with van der Waals surface area (Å²) in [4.78, 5) is 0. The summed E-state index contributed by atoms with van der Waals surface area (Å²) in [6, 6.07) is 9.46. The van der Waals surface area contributed by atoms with Gasteiger partial charge in [0.2, 0.25) is 0 Å². The summed E-state index contributed by atoms with van der Waals surface area (Å²) in [5.41, 5.74) is 23.1. The molecular weight excluding hydrogens is 304 g/mol. The van der Waals surface area contributed by atoms with E-state index in [1.54, 1.807) is 0 Å². The van der Waals surface area contributed by atoms with Gasteiger partial charge in [-0.05, 0) is 91.5 Å². The summed E-state index contributed by atoms with van der Waals surface area (Å²) in [5.74, 6) is 0. The number of rotatable bonds is 6. The summed E-state index contributed by atoms with van der Waals surface area (Å²) in [6.45, 7) is 12.9. The molecule has 0 bridgehead atoms. The largest absolute Gasteiger partial charge is 0.324 e. The third-order valence-corrected chi connectivity index (χ3v) is 5.15. The van der Waals surface area contributed by atoms with Crippen LogP contribution in [-0.4, -0.2) is 0 Å². The Balaban J connectivity index is 2.43. The van der Waals surface area contributed by atoms with Crippen molar-refractivity contribution in [3.05, 3.63) is 68.8 Å². The van der Waals surface area contributed by atoms with Gasteiger partial charge in [0.25, 0.3) is 0 Å². The van der Waals surface area contributed by atoms with Gasteiger partial charge in [-0.1, -0.05) is 38.1 Å². The van der Waals surface area contributed by atoms with Gasteiger partial charge in [0.1, 0.15) is 0 Å². The maximum atomic E-state index is 6.18. The average Bonchev–Trinajstić information content (AvgIpc) is 2.52. The zero-order chi connectivity index (χ0) is 18.7. The van der Waals surface area contributed by atoms with Crippen molar-refractivity contribution in [2.75, 3.05) is 0 Å². The highest BCUT2D eigenvalue weighted by molar-refractivity contribution is 5.45. The van der Waals surface area contributed by atoms with Crippen molar-refractivity contribution in [3.8, 4) is 0 Å². The predicted octanol–water partition coefficient (Wildman–Crippen LogP) is 5.06. The van der Waals surface area contributed by atoms with E-state index in [4.69, 9.17) is 11.5 Å². The van der Waals surface area contributed by atoms with E-state index in [1.165, 1.54) is 44.5 Å². The molecule has 0 aromatic heterocycles. The maximum absolute atomic E-state index is 6.18. The van der Waals surface area contributed by atoms with Gasteiger partial charge in [-0.3, -0.25) is 0 Å². The molecule has 2 nitrogen and oxygen atoms in total. The number of hydrogen-bond acceptors (Lipinski definition) is 2. The van der Waals surface area contributed by atoms with Crippen molar-refractivity contribution in [2.45, 2.75) is 72.9 Å². The first-order chi connectivity index (χ1) is 11.8. The number of nitrogens with two attached hydrogens (primary N) is 2. The van der Waals surface area contributed by atoms with E-state index < -0.39 is 0 Å². The maximum Gasteiger partial charge on any atom is 0.0271 e. The van der Waals surface area contributed by atoms with E-state index in [2.05, 4.69) is 65.8 Å². The number of aryl methyl sites for hydroxylation is 4. The molecule has 0 unspecified atom stereocenters. The van der Waals surface area contributed by atoms with E-state index in [0.717, 1.165) is 19.3 Å². The first kappa shape index (κ1) is 19.7. The van der Waals surface area contributed by atoms with Crippen LogP contribution >= 0.6 is 0 Å². The molecule has 0 amide bonds. The zero-order valence-electron chi connectivity index (χ0n) is 16.7. The zero-order valence-corrected chi connectivity index (χ0v) is 16.7. The Bertz CT molecular complexity index is 679. The molecule has 25 heavy (non-hydrogen) atoms. The van der Waals surface area contributed by atoms with Crippen molar-refractivity contribution in [3.63, 3.8) is 0 Å². The molecule has 4 N–H and O–H groups in total. The molecule has 0 aliphatic carbocycles. The molecule has 0 heterocycles. The molecule has 0 saturated heterocycles. The standard InChI is InChI=1S/C23H34N2/c1-7-20-12-18(9-14(3)22(20)16(5)24)11-19-10-15(4)23(17(6)25)21(8-2)13-19/h9-10,12-13,16-17H,7-8,11,24-25H2,1-6H3/t16-,17+. The van der Waals surface area contributed by atoms with Crippen LogP contribution in [0, 0.1) is 13.8 Å². The van der Waals surface area contributed by atoms with Gasteiger partial charge < -0.3 is 11.5 Å². The van der Waals surface area contributed by atoms with E-state index in [-0.39, 0.29) is 12.1 Å². The van der Waals surface area contributed by atoms with Crippen LogP contribution in [0.2, 0.25) is 0 Å². The van der Waals surface area contributed by atoms with Crippen LogP contribution in [0.1, 0.15) is 84.3 Å². The molecule has 2 aromatic carbocycles. The van der Waals surface area contributed by atoms with Crippen LogP contribution in [0.15, 0.2) is 24.3 Å². The lowest BCUT2D eigenvalue weighted by atomic mass is 9.88. The fourth-order valence-electron chi connectivity index (χ4n) is 4.23. The van der Waals surface area contributed by atoms with Crippen molar-refractivity contribution in [2.24, 2.45) is 11.5 Å². The minimum atomic E-state index is 0.0864. The molecule has 0 fully saturated rings. The number of hydrogen-bond donors (Lipinski definition) is 2. The van der Waals surface area contributed by atoms with Crippen LogP contribution in [0.25, 0.3) is 0 Å². The summed E-state index contributed by atoms with van der Waals surface area (Å²) >= 11 is 0. The van der Waals surface area contributed by atoms with Gasteiger partial charge >= 0.3 is 0 Å². The van der Waals surface area contributed by atoms with E-state index in [1.807, 2.05) is 0 Å². The SMILES string of the molecule is CCc1cc(Cc2cc(C)c([C@@H](C)N)c(CC)c2)cc(C)c1[C@H](C)N. The summed E-state index contributed by atoms with van der Waals surface area (Å²) < 4.78 is 0. The quantitative estimate of drug-likeness (QED) is 0.773. The van der Waals surface area contributed by atoms with Gasteiger partial charge in [-0.15, -0.1) is 0 Å². The van der Waals surface area contributed by atoms with Crippen molar-refractivity contribution >= 4 is 0 Å². The molecule has 136 valence electrons. The minimum Gasteiger partial charge on any atom is -0.324 e. The molecule has 0 saturated carbocycles. The minimum absolute atomic E-state index is 0.0864. The highest BCUT2D eigenvalue weighted by Gasteiger charge is 2.14. The van der Waals surface area contributed by atoms with Gasteiger partial charge in [0.05, 0.1) is 0 Å². The highest BCUT2D eigenvalue weighted by Crippen LogP contribution is 2.27. The molecule has 0 aliphatic heterocycles. The molecular formula is C23H34N2. The lowest BCUT2D eigenvalue weighted by Gasteiger charge is -2.19.